The van der Waals surface area contributed by atoms with E-state index >= 15 is 0 Å². The van der Waals surface area contributed by atoms with Gasteiger partial charge in [-0.25, -0.2) is 0 Å². The normalized spacial score (nSPS) is 20.9. The monoisotopic (exact) mass is 443 g/mol. The molecule has 156 valence electrons. The standard InChI is InChI=1S/C23H22ClNO4S/c1-5-25-17-13-18(27-2)20(28-3)21(29-4)19(17)23(22(25)26)11-10-15(30-23)12-14-8-6-7-9-16(14)24/h6-13H,5H2,1-4H3/b15-12-. The largest absolute Gasteiger partial charge is 0.493 e. The molecule has 2 aromatic carbocycles. The summed E-state index contributed by atoms with van der Waals surface area (Å²) in [7, 11) is 4.71. The van der Waals surface area contributed by atoms with E-state index < -0.39 is 4.75 Å². The second kappa shape index (κ2) is 7.93. The lowest BCUT2D eigenvalue weighted by Gasteiger charge is -2.23. The number of nitrogens with zero attached hydrogens (tertiary/aromatic N) is 1. The highest BCUT2D eigenvalue weighted by Crippen LogP contribution is 2.62. The van der Waals surface area contributed by atoms with Crippen LogP contribution in [-0.4, -0.2) is 33.8 Å². The van der Waals surface area contributed by atoms with Crippen LogP contribution >= 0.6 is 23.4 Å². The summed E-state index contributed by atoms with van der Waals surface area (Å²) in [5.41, 5.74) is 2.45. The Bertz CT molecular complexity index is 1080. The van der Waals surface area contributed by atoms with Gasteiger partial charge >= 0.3 is 0 Å². The molecule has 2 aromatic rings. The van der Waals surface area contributed by atoms with Gasteiger partial charge in [0, 0.05) is 22.5 Å². The van der Waals surface area contributed by atoms with E-state index in [1.165, 1.54) is 11.8 Å². The Hall–Kier alpha value is -2.57. The Kier molecular flexibility index (Phi) is 5.47. The van der Waals surface area contributed by atoms with E-state index in [9.17, 15) is 4.79 Å². The summed E-state index contributed by atoms with van der Waals surface area (Å²) in [6.45, 7) is 2.48. The number of carbonyl (C=O) groups excluding carboxylic acids is 1. The number of halogens is 1. The number of hydrogen-bond acceptors (Lipinski definition) is 5. The van der Waals surface area contributed by atoms with Crippen molar-refractivity contribution in [3.8, 4) is 17.2 Å². The maximum Gasteiger partial charge on any atom is 0.252 e. The Morgan fingerprint density at radius 2 is 1.87 bits per heavy atom. The first-order chi connectivity index (χ1) is 14.5. The predicted molar refractivity (Wildman–Crippen MR) is 122 cm³/mol. The average molecular weight is 444 g/mol. The van der Waals surface area contributed by atoms with Crippen LogP contribution in [0.5, 0.6) is 17.2 Å². The average Bonchev–Trinajstić information content (AvgIpc) is 3.28. The number of ether oxygens (including phenoxy) is 3. The molecule has 0 fully saturated rings. The van der Waals surface area contributed by atoms with Crippen LogP contribution in [0.3, 0.4) is 0 Å². The van der Waals surface area contributed by atoms with Crippen molar-refractivity contribution in [2.75, 3.05) is 32.8 Å². The maximum atomic E-state index is 13.6. The number of carbonyl (C=O) groups is 1. The van der Waals surface area contributed by atoms with Crippen molar-refractivity contribution in [2.45, 2.75) is 11.7 Å². The van der Waals surface area contributed by atoms with Gasteiger partial charge in [-0.2, -0.15) is 0 Å². The van der Waals surface area contributed by atoms with Crippen molar-refractivity contribution in [2.24, 2.45) is 0 Å². The molecule has 0 aromatic heterocycles. The molecule has 0 N–H and O–H groups in total. The fourth-order valence-corrected chi connectivity index (χ4v) is 5.49. The fraction of sp³-hybridized carbons (Fsp3) is 0.261. The summed E-state index contributed by atoms with van der Waals surface area (Å²) < 4.78 is 15.9. The number of likely N-dealkylation sites (N-methyl/N-ethyl adjacent to an activating group) is 1. The molecule has 7 heteroatoms. The number of amides is 1. The minimum absolute atomic E-state index is 0.0163. The van der Waals surface area contributed by atoms with Gasteiger partial charge < -0.3 is 19.1 Å². The molecular formula is C23H22ClNO4S. The van der Waals surface area contributed by atoms with Gasteiger partial charge in [0.15, 0.2) is 11.5 Å². The molecule has 2 aliphatic heterocycles. The second-order valence-electron chi connectivity index (χ2n) is 6.83. The third-order valence-electron chi connectivity index (χ3n) is 5.31. The number of methoxy groups -OCH3 is 3. The Labute approximate surface area is 185 Å². The van der Waals surface area contributed by atoms with Gasteiger partial charge in [-0.15, -0.1) is 0 Å². The molecule has 2 heterocycles. The Balaban J connectivity index is 1.89. The second-order valence-corrected chi connectivity index (χ2v) is 8.55. The third-order valence-corrected chi connectivity index (χ3v) is 6.99. The molecule has 1 spiro atoms. The molecule has 0 saturated heterocycles. The molecule has 5 nitrogen and oxygen atoms in total. The predicted octanol–water partition coefficient (Wildman–Crippen LogP) is 5.27. The molecule has 0 saturated carbocycles. The highest BCUT2D eigenvalue weighted by molar-refractivity contribution is 8.05. The van der Waals surface area contributed by atoms with Gasteiger partial charge in [0.2, 0.25) is 5.75 Å². The maximum absolute atomic E-state index is 13.6. The van der Waals surface area contributed by atoms with Gasteiger partial charge in [-0.3, -0.25) is 4.79 Å². The topological polar surface area (TPSA) is 48.0 Å². The van der Waals surface area contributed by atoms with Crippen LogP contribution in [0.25, 0.3) is 6.08 Å². The van der Waals surface area contributed by atoms with Crippen LogP contribution in [0, 0.1) is 0 Å². The molecule has 0 bridgehead atoms. The number of hydrogen-bond donors (Lipinski definition) is 0. The van der Waals surface area contributed by atoms with Crippen molar-refractivity contribution in [1.29, 1.82) is 0 Å². The lowest BCUT2D eigenvalue weighted by atomic mass is 9.97. The quantitative estimate of drug-likeness (QED) is 0.629. The minimum Gasteiger partial charge on any atom is -0.493 e. The molecule has 2 aliphatic rings. The van der Waals surface area contributed by atoms with E-state index in [4.69, 9.17) is 25.8 Å². The SMILES string of the molecule is CCN1C(=O)C2(C=C/C(=C/c3ccccc3Cl)S2)c2c1cc(OC)c(OC)c2OC. The van der Waals surface area contributed by atoms with E-state index in [-0.39, 0.29) is 5.91 Å². The van der Waals surface area contributed by atoms with Crippen molar-refractivity contribution >= 4 is 41.0 Å². The number of allylic oxidation sites excluding steroid dienone is 1. The molecule has 30 heavy (non-hydrogen) atoms. The molecule has 0 radical (unpaired) electrons. The van der Waals surface area contributed by atoms with Crippen LogP contribution in [0.1, 0.15) is 18.1 Å². The number of rotatable bonds is 5. The molecular weight excluding hydrogens is 422 g/mol. The smallest absolute Gasteiger partial charge is 0.252 e. The summed E-state index contributed by atoms with van der Waals surface area (Å²) in [5, 5.41) is 0.664. The zero-order chi connectivity index (χ0) is 21.5. The van der Waals surface area contributed by atoms with E-state index in [0.717, 1.165) is 21.7 Å². The van der Waals surface area contributed by atoms with Crippen LogP contribution in [0.15, 0.2) is 47.4 Å². The van der Waals surface area contributed by atoms with E-state index in [1.54, 1.807) is 26.2 Å². The van der Waals surface area contributed by atoms with Gasteiger partial charge in [0.1, 0.15) is 4.75 Å². The molecule has 0 aliphatic carbocycles. The van der Waals surface area contributed by atoms with Gasteiger partial charge in [-0.05, 0) is 24.6 Å². The van der Waals surface area contributed by atoms with Gasteiger partial charge in [0.25, 0.3) is 5.91 Å². The molecule has 1 unspecified atom stereocenters. The summed E-state index contributed by atoms with van der Waals surface area (Å²) in [4.78, 5) is 16.3. The van der Waals surface area contributed by atoms with Crippen molar-refractivity contribution < 1.29 is 19.0 Å². The summed E-state index contributed by atoms with van der Waals surface area (Å²) in [6, 6.07) is 9.47. The first-order valence-corrected chi connectivity index (χ1v) is 10.7. The zero-order valence-electron chi connectivity index (χ0n) is 17.2. The van der Waals surface area contributed by atoms with E-state index in [2.05, 4.69) is 0 Å². The van der Waals surface area contributed by atoms with Gasteiger partial charge in [0.05, 0.1) is 32.6 Å². The summed E-state index contributed by atoms with van der Waals surface area (Å²) >= 11 is 7.81. The van der Waals surface area contributed by atoms with Crippen molar-refractivity contribution in [3.05, 3.63) is 63.5 Å². The lowest BCUT2D eigenvalue weighted by molar-refractivity contribution is -0.119. The molecule has 1 atom stereocenters. The highest BCUT2D eigenvalue weighted by atomic mass is 35.5. The molecule has 1 amide bonds. The number of benzene rings is 2. The molecule has 4 rings (SSSR count). The van der Waals surface area contributed by atoms with Crippen LogP contribution in [-0.2, 0) is 9.54 Å². The van der Waals surface area contributed by atoms with E-state index in [0.29, 0.717) is 28.8 Å². The minimum atomic E-state index is -0.927. The van der Waals surface area contributed by atoms with Crippen molar-refractivity contribution in [1.82, 2.24) is 0 Å². The zero-order valence-corrected chi connectivity index (χ0v) is 18.8. The fourth-order valence-electron chi connectivity index (χ4n) is 3.97. The summed E-state index contributed by atoms with van der Waals surface area (Å²) in [5.74, 6) is 1.49. The number of fused-ring (bicyclic) bond motifs is 2. The van der Waals surface area contributed by atoms with E-state index in [1.807, 2.05) is 55.5 Å². The number of thioether (sulfide) groups is 1. The van der Waals surface area contributed by atoms with Crippen molar-refractivity contribution in [3.63, 3.8) is 0 Å². The van der Waals surface area contributed by atoms with Gasteiger partial charge in [-0.1, -0.05) is 53.7 Å². The highest BCUT2D eigenvalue weighted by Gasteiger charge is 2.55. The lowest BCUT2D eigenvalue weighted by Crippen LogP contribution is -2.35. The first kappa shape index (κ1) is 20.7. The van der Waals surface area contributed by atoms with Crippen LogP contribution in [0.4, 0.5) is 5.69 Å². The number of anilines is 1. The third kappa shape index (κ3) is 2.97. The first-order valence-electron chi connectivity index (χ1n) is 9.50. The Morgan fingerprint density at radius 1 is 1.13 bits per heavy atom. The summed E-state index contributed by atoms with van der Waals surface area (Å²) in [6.07, 6.45) is 5.89. The van der Waals surface area contributed by atoms with Crippen LogP contribution < -0.4 is 19.1 Å². The Morgan fingerprint density at radius 3 is 2.50 bits per heavy atom. The van der Waals surface area contributed by atoms with Crippen LogP contribution in [0.2, 0.25) is 5.02 Å².